The van der Waals surface area contributed by atoms with Gasteiger partial charge in [0.05, 0.1) is 17.6 Å². The molecule has 0 radical (unpaired) electrons. The molecule has 1 aromatic heterocycles. The second-order valence-electron chi connectivity index (χ2n) is 7.83. The van der Waals surface area contributed by atoms with Gasteiger partial charge in [-0.1, -0.05) is 19.1 Å². The van der Waals surface area contributed by atoms with Crippen molar-refractivity contribution >= 4 is 11.0 Å². The first-order valence-electron chi connectivity index (χ1n) is 9.96. The molecule has 6 nitrogen and oxygen atoms in total. The Bertz CT molecular complexity index is 676. The predicted octanol–water partition coefficient (Wildman–Crippen LogP) is 1.24. The maximum Gasteiger partial charge on any atom is 0.121 e. The Morgan fingerprint density at radius 1 is 1.04 bits per heavy atom. The molecule has 6 heteroatoms. The summed E-state index contributed by atoms with van der Waals surface area (Å²) in [4.78, 5) is 15.7. The molecule has 0 amide bonds. The molecule has 2 saturated heterocycles. The molecule has 1 aromatic carbocycles. The van der Waals surface area contributed by atoms with Crippen molar-refractivity contribution in [1.82, 2.24) is 24.7 Å². The Balaban J connectivity index is 1.34. The van der Waals surface area contributed by atoms with Crippen molar-refractivity contribution in [3.05, 3.63) is 30.1 Å². The Hall–Kier alpha value is -1.47. The zero-order valence-corrected chi connectivity index (χ0v) is 15.8. The normalized spacial score (nSPS) is 26.1. The second kappa shape index (κ2) is 8.05. The zero-order valence-electron chi connectivity index (χ0n) is 15.8. The van der Waals surface area contributed by atoms with Crippen LogP contribution in [0.2, 0.25) is 0 Å². The van der Waals surface area contributed by atoms with Crippen molar-refractivity contribution in [1.29, 1.82) is 0 Å². The van der Waals surface area contributed by atoms with E-state index in [1.165, 1.54) is 13.1 Å². The van der Waals surface area contributed by atoms with Crippen LogP contribution in [0.1, 0.15) is 12.7 Å². The maximum absolute atomic E-state index is 9.87. The summed E-state index contributed by atoms with van der Waals surface area (Å²) in [5, 5.41) is 9.87. The Labute approximate surface area is 155 Å². The summed E-state index contributed by atoms with van der Waals surface area (Å²) in [5.74, 6) is 1.96. The molecule has 2 atom stereocenters. The van der Waals surface area contributed by atoms with Gasteiger partial charge in [0, 0.05) is 52.4 Å². The number of fused-ring (bicyclic) bond motifs is 1. The molecule has 3 heterocycles. The van der Waals surface area contributed by atoms with E-state index in [-0.39, 0.29) is 6.61 Å². The van der Waals surface area contributed by atoms with E-state index < -0.39 is 0 Å². The van der Waals surface area contributed by atoms with Gasteiger partial charge in [-0.25, -0.2) is 4.98 Å². The van der Waals surface area contributed by atoms with E-state index in [1.807, 2.05) is 12.1 Å². The molecule has 0 unspecified atom stereocenters. The van der Waals surface area contributed by atoms with Gasteiger partial charge in [0.1, 0.15) is 5.82 Å². The lowest BCUT2D eigenvalue weighted by Gasteiger charge is -2.36. The number of aromatic amines is 1. The molecule has 2 aliphatic heterocycles. The first-order chi connectivity index (χ1) is 12.7. The van der Waals surface area contributed by atoms with Crippen LogP contribution in [-0.4, -0.2) is 88.7 Å². The highest BCUT2D eigenvalue weighted by Gasteiger charge is 2.34. The summed E-state index contributed by atoms with van der Waals surface area (Å²) >= 11 is 0. The zero-order chi connectivity index (χ0) is 17.9. The SMILES string of the molecule is CCN1CCN(C[C@@H]2CN(Cc3nc4ccccc4[nH]3)C[C@@H]2CO)CC1. The third-order valence-corrected chi connectivity index (χ3v) is 6.10. The molecular formula is C20H31N5O. The van der Waals surface area contributed by atoms with Gasteiger partial charge in [-0.2, -0.15) is 0 Å². The largest absolute Gasteiger partial charge is 0.396 e. The van der Waals surface area contributed by atoms with Gasteiger partial charge in [-0.15, -0.1) is 0 Å². The van der Waals surface area contributed by atoms with Gasteiger partial charge < -0.3 is 19.9 Å². The highest BCUT2D eigenvalue weighted by Crippen LogP contribution is 2.26. The lowest BCUT2D eigenvalue weighted by atomic mass is 9.96. The molecule has 4 rings (SSSR count). The Kier molecular flexibility index (Phi) is 5.55. The number of H-pyrrole nitrogens is 1. The van der Waals surface area contributed by atoms with Gasteiger partial charge in [0.25, 0.3) is 0 Å². The highest BCUT2D eigenvalue weighted by molar-refractivity contribution is 5.74. The number of nitrogens with zero attached hydrogens (tertiary/aromatic N) is 4. The lowest BCUT2D eigenvalue weighted by molar-refractivity contribution is 0.106. The van der Waals surface area contributed by atoms with Crippen LogP contribution in [0.5, 0.6) is 0 Å². The molecule has 0 saturated carbocycles. The van der Waals surface area contributed by atoms with Gasteiger partial charge in [0.2, 0.25) is 0 Å². The van der Waals surface area contributed by atoms with Crippen molar-refractivity contribution in [3.8, 4) is 0 Å². The van der Waals surface area contributed by atoms with E-state index in [1.54, 1.807) is 0 Å². The fourth-order valence-corrected chi connectivity index (χ4v) is 4.49. The fourth-order valence-electron chi connectivity index (χ4n) is 4.49. The van der Waals surface area contributed by atoms with E-state index >= 15 is 0 Å². The number of benzene rings is 1. The molecule has 26 heavy (non-hydrogen) atoms. The van der Waals surface area contributed by atoms with Crippen molar-refractivity contribution in [2.75, 3.05) is 59.0 Å². The standard InChI is InChI=1S/C20H31N5O/c1-2-23-7-9-24(10-8-23)11-16-12-25(13-17(16)15-26)14-20-21-18-5-3-4-6-19(18)22-20/h3-6,16-17,26H,2,7-15H2,1H3,(H,21,22)/t16-,17-/m1/s1. The van der Waals surface area contributed by atoms with E-state index in [9.17, 15) is 5.11 Å². The first-order valence-corrected chi connectivity index (χ1v) is 9.96. The van der Waals surface area contributed by atoms with Crippen molar-refractivity contribution in [3.63, 3.8) is 0 Å². The van der Waals surface area contributed by atoms with Crippen LogP contribution in [-0.2, 0) is 6.54 Å². The molecule has 2 aliphatic rings. The van der Waals surface area contributed by atoms with Crippen LogP contribution in [0, 0.1) is 11.8 Å². The second-order valence-corrected chi connectivity index (χ2v) is 7.83. The van der Waals surface area contributed by atoms with E-state index in [2.05, 4.69) is 38.7 Å². The Morgan fingerprint density at radius 2 is 1.77 bits per heavy atom. The predicted molar refractivity (Wildman–Crippen MR) is 104 cm³/mol. The summed E-state index contributed by atoms with van der Waals surface area (Å²) < 4.78 is 0. The number of piperazine rings is 1. The van der Waals surface area contributed by atoms with Gasteiger partial charge in [-0.3, -0.25) is 4.90 Å². The van der Waals surface area contributed by atoms with Crippen LogP contribution in [0.15, 0.2) is 24.3 Å². The summed E-state index contributed by atoms with van der Waals surface area (Å²) in [6.07, 6.45) is 0. The number of aromatic nitrogens is 2. The number of aliphatic hydroxyl groups excluding tert-OH is 1. The quantitative estimate of drug-likeness (QED) is 0.815. The fraction of sp³-hybridized carbons (Fsp3) is 0.650. The monoisotopic (exact) mass is 357 g/mol. The molecular weight excluding hydrogens is 326 g/mol. The van der Waals surface area contributed by atoms with Crippen molar-refractivity contribution in [2.45, 2.75) is 13.5 Å². The number of aliphatic hydroxyl groups is 1. The number of likely N-dealkylation sites (tertiary alicyclic amines) is 1. The van der Waals surface area contributed by atoms with Crippen molar-refractivity contribution in [2.24, 2.45) is 11.8 Å². The third-order valence-electron chi connectivity index (χ3n) is 6.10. The van der Waals surface area contributed by atoms with Crippen LogP contribution < -0.4 is 0 Å². The smallest absolute Gasteiger partial charge is 0.121 e. The molecule has 2 N–H and O–H groups in total. The molecule has 2 fully saturated rings. The van der Waals surface area contributed by atoms with Crippen molar-refractivity contribution < 1.29 is 5.11 Å². The van der Waals surface area contributed by atoms with E-state index in [4.69, 9.17) is 4.98 Å². The topological polar surface area (TPSA) is 58.6 Å². The van der Waals surface area contributed by atoms with Crippen LogP contribution >= 0.6 is 0 Å². The minimum Gasteiger partial charge on any atom is -0.396 e. The van der Waals surface area contributed by atoms with Gasteiger partial charge in [0.15, 0.2) is 0 Å². The minimum absolute atomic E-state index is 0.288. The van der Waals surface area contributed by atoms with E-state index in [0.29, 0.717) is 11.8 Å². The average Bonchev–Trinajstić information content (AvgIpc) is 3.25. The molecule has 142 valence electrons. The third kappa shape index (κ3) is 3.93. The average molecular weight is 358 g/mol. The van der Waals surface area contributed by atoms with Gasteiger partial charge >= 0.3 is 0 Å². The van der Waals surface area contributed by atoms with E-state index in [0.717, 1.165) is 62.7 Å². The highest BCUT2D eigenvalue weighted by atomic mass is 16.3. The summed E-state index contributed by atoms with van der Waals surface area (Å²) in [5.41, 5.74) is 2.14. The molecule has 0 bridgehead atoms. The molecule has 0 spiro atoms. The first kappa shape index (κ1) is 17.9. The Morgan fingerprint density at radius 3 is 2.50 bits per heavy atom. The summed E-state index contributed by atoms with van der Waals surface area (Å²) in [6.45, 7) is 12.3. The van der Waals surface area contributed by atoms with Crippen LogP contribution in [0.4, 0.5) is 0 Å². The molecule has 2 aromatic rings. The lowest BCUT2D eigenvalue weighted by Crippen LogP contribution is -2.48. The summed E-state index contributed by atoms with van der Waals surface area (Å²) in [6, 6.07) is 8.19. The minimum atomic E-state index is 0.288. The number of imidazole rings is 1. The summed E-state index contributed by atoms with van der Waals surface area (Å²) in [7, 11) is 0. The van der Waals surface area contributed by atoms with Crippen LogP contribution in [0.25, 0.3) is 11.0 Å². The number of rotatable bonds is 6. The number of nitrogens with one attached hydrogen (secondary N) is 1. The number of likely N-dealkylation sites (N-methyl/N-ethyl adjacent to an activating group) is 1. The number of hydrogen-bond acceptors (Lipinski definition) is 5. The number of hydrogen-bond donors (Lipinski definition) is 2. The van der Waals surface area contributed by atoms with Crippen LogP contribution in [0.3, 0.4) is 0 Å². The van der Waals surface area contributed by atoms with Gasteiger partial charge in [-0.05, 0) is 30.5 Å². The number of para-hydroxylation sites is 2. The molecule has 0 aliphatic carbocycles. The maximum atomic E-state index is 9.87.